The summed E-state index contributed by atoms with van der Waals surface area (Å²) in [5, 5.41) is 0. The molecular weight excluding hydrogens is 120 g/mol. The van der Waals surface area contributed by atoms with Crippen molar-refractivity contribution < 1.29 is 0 Å². The van der Waals surface area contributed by atoms with Crippen molar-refractivity contribution in [3.63, 3.8) is 0 Å². The van der Waals surface area contributed by atoms with Gasteiger partial charge in [-0.25, -0.2) is 0 Å². The van der Waals surface area contributed by atoms with Gasteiger partial charge in [0, 0.05) is 0 Å². The molecule has 0 heterocycles. The molecule has 0 aromatic carbocycles. The molecule has 0 N–H and O–H groups in total. The zero-order valence-corrected chi connectivity index (χ0v) is 6.35. The molecule has 0 bridgehead atoms. The maximum atomic E-state index is 3.92. The van der Waals surface area contributed by atoms with Crippen LogP contribution in [0, 0.1) is 5.92 Å². The van der Waals surface area contributed by atoms with E-state index < -0.39 is 0 Å². The Bertz CT molecular complexity index is 228. The van der Waals surface area contributed by atoms with Gasteiger partial charge in [0.25, 0.3) is 0 Å². The summed E-state index contributed by atoms with van der Waals surface area (Å²) in [4.78, 5) is 0. The first-order valence-corrected chi connectivity index (χ1v) is 3.38. The Morgan fingerprint density at radius 3 is 2.40 bits per heavy atom. The Hall–Kier alpha value is -1.04. The van der Waals surface area contributed by atoms with Crippen LogP contribution in [-0.2, 0) is 0 Å². The summed E-state index contributed by atoms with van der Waals surface area (Å²) >= 11 is 0. The smallest absolute Gasteiger partial charge is 0.000705 e. The topological polar surface area (TPSA) is 0 Å². The van der Waals surface area contributed by atoms with E-state index in [1.165, 1.54) is 0 Å². The summed E-state index contributed by atoms with van der Waals surface area (Å²) in [5.41, 5.74) is 3.07. The van der Waals surface area contributed by atoms with Crippen LogP contribution in [0.25, 0.3) is 0 Å². The van der Waals surface area contributed by atoms with Gasteiger partial charge in [0.15, 0.2) is 0 Å². The minimum absolute atomic E-state index is 0.429. The second-order valence-electron chi connectivity index (χ2n) is 2.68. The van der Waals surface area contributed by atoms with E-state index in [-0.39, 0.29) is 0 Å². The fraction of sp³-hybridized carbons (Fsp3) is 0.200. The molecule has 0 aromatic rings. The quantitative estimate of drug-likeness (QED) is 0.475. The van der Waals surface area contributed by atoms with Crippen molar-refractivity contribution in [1.82, 2.24) is 0 Å². The Labute approximate surface area is 62.3 Å². The van der Waals surface area contributed by atoms with Crippen LogP contribution < -0.4 is 0 Å². The first kappa shape index (κ1) is 7.07. The van der Waals surface area contributed by atoms with Crippen LogP contribution in [0.3, 0.4) is 0 Å². The first-order valence-electron chi connectivity index (χ1n) is 3.38. The van der Waals surface area contributed by atoms with E-state index in [1.807, 2.05) is 6.08 Å². The van der Waals surface area contributed by atoms with Crippen molar-refractivity contribution in [1.29, 1.82) is 0 Å². The highest BCUT2D eigenvalue weighted by Crippen LogP contribution is 2.28. The Kier molecular flexibility index (Phi) is 1.62. The third-order valence-electron chi connectivity index (χ3n) is 1.91. The monoisotopic (exact) mass is 132 g/mol. The van der Waals surface area contributed by atoms with Gasteiger partial charge >= 0.3 is 0 Å². The molecule has 0 heteroatoms. The van der Waals surface area contributed by atoms with Gasteiger partial charge in [0.1, 0.15) is 0 Å². The van der Waals surface area contributed by atoms with Crippen molar-refractivity contribution in [3.8, 4) is 0 Å². The molecule has 52 valence electrons. The van der Waals surface area contributed by atoms with E-state index >= 15 is 0 Å². The van der Waals surface area contributed by atoms with E-state index in [9.17, 15) is 0 Å². The fourth-order valence-electron chi connectivity index (χ4n) is 0.958. The van der Waals surface area contributed by atoms with Gasteiger partial charge in [-0.3, -0.25) is 0 Å². The molecule has 0 saturated heterocycles. The van der Waals surface area contributed by atoms with Gasteiger partial charge in [0.05, 0.1) is 0 Å². The van der Waals surface area contributed by atoms with E-state index in [0.29, 0.717) is 5.92 Å². The summed E-state index contributed by atoms with van der Waals surface area (Å²) in [6.45, 7) is 13.7. The van der Waals surface area contributed by atoms with E-state index in [1.54, 1.807) is 0 Å². The van der Waals surface area contributed by atoms with Crippen LogP contribution in [0.15, 0.2) is 48.6 Å². The van der Waals surface area contributed by atoms with Crippen molar-refractivity contribution in [2.24, 2.45) is 5.92 Å². The SMILES string of the molecule is C=C1C=CC(C)C(=C)C1=C. The molecule has 0 nitrogen and oxygen atoms in total. The molecule has 0 saturated carbocycles. The van der Waals surface area contributed by atoms with E-state index in [4.69, 9.17) is 0 Å². The molecule has 0 fully saturated rings. The van der Waals surface area contributed by atoms with Gasteiger partial charge in [-0.1, -0.05) is 38.8 Å². The molecule has 0 spiro atoms. The molecule has 1 atom stereocenters. The lowest BCUT2D eigenvalue weighted by atomic mass is 9.86. The predicted molar refractivity (Wildman–Crippen MR) is 45.7 cm³/mol. The Balaban J connectivity index is 3.01. The first-order chi connectivity index (χ1) is 4.63. The minimum Gasteiger partial charge on any atom is -0.0946 e. The summed E-state index contributed by atoms with van der Waals surface area (Å²) < 4.78 is 0. The highest BCUT2D eigenvalue weighted by Gasteiger charge is 2.12. The zero-order chi connectivity index (χ0) is 7.72. The lowest BCUT2D eigenvalue weighted by molar-refractivity contribution is 0.868. The van der Waals surface area contributed by atoms with Gasteiger partial charge in [0.2, 0.25) is 0 Å². The van der Waals surface area contributed by atoms with Gasteiger partial charge in [-0.05, 0) is 22.6 Å². The van der Waals surface area contributed by atoms with Gasteiger partial charge < -0.3 is 0 Å². The normalized spacial score (nSPS) is 25.7. The second kappa shape index (κ2) is 2.30. The third kappa shape index (κ3) is 0.971. The lowest BCUT2D eigenvalue weighted by Crippen LogP contribution is -2.03. The molecular formula is C10H12. The van der Waals surface area contributed by atoms with Crippen molar-refractivity contribution in [2.75, 3.05) is 0 Å². The Morgan fingerprint density at radius 1 is 1.30 bits per heavy atom. The fourth-order valence-corrected chi connectivity index (χ4v) is 0.958. The lowest BCUT2D eigenvalue weighted by Gasteiger charge is -2.18. The molecule has 1 aliphatic rings. The average molecular weight is 132 g/mol. The van der Waals surface area contributed by atoms with Crippen LogP contribution in [0.1, 0.15) is 6.92 Å². The molecule has 0 amide bonds. The number of hydrogen-bond donors (Lipinski definition) is 0. The molecule has 10 heavy (non-hydrogen) atoms. The number of allylic oxidation sites excluding steroid dienone is 5. The van der Waals surface area contributed by atoms with Gasteiger partial charge in [-0.15, -0.1) is 0 Å². The summed E-state index contributed by atoms with van der Waals surface area (Å²) in [7, 11) is 0. The maximum absolute atomic E-state index is 3.92. The maximum Gasteiger partial charge on any atom is -0.000705 e. The van der Waals surface area contributed by atoms with E-state index in [0.717, 1.165) is 16.7 Å². The Morgan fingerprint density at radius 2 is 1.90 bits per heavy atom. The summed E-state index contributed by atoms with van der Waals surface area (Å²) in [6.07, 6.45) is 4.10. The molecule has 1 aliphatic carbocycles. The summed E-state index contributed by atoms with van der Waals surface area (Å²) in [5.74, 6) is 0.429. The third-order valence-corrected chi connectivity index (χ3v) is 1.91. The molecule has 0 aliphatic heterocycles. The zero-order valence-electron chi connectivity index (χ0n) is 6.35. The largest absolute Gasteiger partial charge is 0.0946 e. The van der Waals surface area contributed by atoms with Crippen molar-refractivity contribution >= 4 is 0 Å². The van der Waals surface area contributed by atoms with Crippen LogP contribution in [0.5, 0.6) is 0 Å². The standard InChI is InChI=1S/C10H12/c1-7-5-6-8(2)10(4)9(7)3/h5-6,8H,1,3-4H2,2H3. The average Bonchev–Trinajstić information content (AvgIpc) is 1.93. The van der Waals surface area contributed by atoms with Crippen LogP contribution in [0.4, 0.5) is 0 Å². The van der Waals surface area contributed by atoms with E-state index in [2.05, 4.69) is 32.7 Å². The summed E-state index contributed by atoms with van der Waals surface area (Å²) in [6, 6.07) is 0. The molecule has 0 radical (unpaired) electrons. The minimum atomic E-state index is 0.429. The van der Waals surface area contributed by atoms with Crippen molar-refractivity contribution in [2.45, 2.75) is 6.92 Å². The van der Waals surface area contributed by atoms with Gasteiger partial charge in [-0.2, -0.15) is 0 Å². The van der Waals surface area contributed by atoms with Crippen LogP contribution >= 0.6 is 0 Å². The highest BCUT2D eigenvalue weighted by molar-refractivity contribution is 5.52. The number of rotatable bonds is 0. The predicted octanol–water partition coefficient (Wildman–Crippen LogP) is 2.86. The van der Waals surface area contributed by atoms with Crippen LogP contribution in [0.2, 0.25) is 0 Å². The number of hydrogen-bond acceptors (Lipinski definition) is 0. The molecule has 1 rings (SSSR count). The molecule has 0 aromatic heterocycles. The highest BCUT2D eigenvalue weighted by atomic mass is 14.2. The van der Waals surface area contributed by atoms with Crippen molar-refractivity contribution in [3.05, 3.63) is 48.6 Å². The molecule has 1 unspecified atom stereocenters. The second-order valence-corrected chi connectivity index (χ2v) is 2.68. The van der Waals surface area contributed by atoms with Crippen LogP contribution in [-0.4, -0.2) is 0 Å².